The summed E-state index contributed by atoms with van der Waals surface area (Å²) in [5, 5.41) is 3.38. The topological polar surface area (TPSA) is 41.6 Å². The molecule has 1 N–H and O–H groups in total. The van der Waals surface area contributed by atoms with Gasteiger partial charge in [0.15, 0.2) is 0 Å². The van der Waals surface area contributed by atoms with Crippen LogP contribution in [0.2, 0.25) is 0 Å². The molecule has 0 bridgehead atoms. The Kier molecular flexibility index (Phi) is 5.01. The molecule has 0 aliphatic carbocycles. The van der Waals surface area contributed by atoms with E-state index in [1.165, 1.54) is 0 Å². The molecule has 4 nitrogen and oxygen atoms in total. The summed E-state index contributed by atoms with van der Waals surface area (Å²) in [6.07, 6.45) is 5.48. The van der Waals surface area contributed by atoms with Crippen molar-refractivity contribution < 1.29 is 9.53 Å². The third-order valence-electron chi connectivity index (χ3n) is 4.01. The number of amides is 1. The van der Waals surface area contributed by atoms with E-state index in [1.807, 2.05) is 0 Å². The maximum absolute atomic E-state index is 12.5. The first-order chi connectivity index (χ1) is 8.72. The molecule has 18 heavy (non-hydrogen) atoms. The van der Waals surface area contributed by atoms with E-state index >= 15 is 0 Å². The second-order valence-corrected chi connectivity index (χ2v) is 5.54. The first kappa shape index (κ1) is 13.8. The predicted molar refractivity (Wildman–Crippen MR) is 71.5 cm³/mol. The van der Waals surface area contributed by atoms with Crippen molar-refractivity contribution in [3.05, 3.63) is 0 Å². The molecule has 2 aliphatic heterocycles. The molecule has 2 rings (SSSR count). The van der Waals surface area contributed by atoms with Gasteiger partial charge in [-0.3, -0.25) is 4.79 Å². The molecule has 0 aromatic rings. The number of piperidine rings is 1. The van der Waals surface area contributed by atoms with Gasteiger partial charge in [0.1, 0.15) is 0 Å². The van der Waals surface area contributed by atoms with E-state index in [0.29, 0.717) is 18.1 Å². The largest absolute Gasteiger partial charge is 0.378 e. The zero-order valence-corrected chi connectivity index (χ0v) is 11.7. The lowest BCUT2D eigenvalue weighted by Gasteiger charge is -2.41. The van der Waals surface area contributed by atoms with Crippen LogP contribution < -0.4 is 5.32 Å². The molecule has 1 amide bonds. The van der Waals surface area contributed by atoms with Crippen molar-refractivity contribution in [3.8, 4) is 0 Å². The number of nitrogens with one attached hydrogen (secondary N) is 1. The van der Waals surface area contributed by atoms with Crippen LogP contribution in [0, 0.1) is 0 Å². The number of nitrogens with zero attached hydrogens (tertiary/aromatic N) is 1. The molecule has 2 saturated heterocycles. The molecule has 0 radical (unpaired) electrons. The average Bonchev–Trinajstić information content (AvgIpc) is 2.37. The standard InChI is InChI=1S/C14H26N2O2/c1-3-7-15-13-5-4-8-16(14(13)17)12-6-9-18-11(2)10-12/h11-13,15H,3-10H2,1-2H3. The summed E-state index contributed by atoms with van der Waals surface area (Å²) in [5.74, 6) is 0.314. The fourth-order valence-corrected chi connectivity index (χ4v) is 3.03. The third kappa shape index (κ3) is 3.23. The van der Waals surface area contributed by atoms with Gasteiger partial charge in [0.25, 0.3) is 0 Å². The van der Waals surface area contributed by atoms with Crippen molar-refractivity contribution in [2.24, 2.45) is 0 Å². The number of hydrogen-bond acceptors (Lipinski definition) is 3. The fraction of sp³-hybridized carbons (Fsp3) is 0.929. The van der Waals surface area contributed by atoms with Gasteiger partial charge in [-0.1, -0.05) is 6.92 Å². The first-order valence-corrected chi connectivity index (χ1v) is 7.37. The molecule has 4 heteroatoms. The Bertz CT molecular complexity index is 283. The van der Waals surface area contributed by atoms with Crippen LogP contribution in [0.5, 0.6) is 0 Å². The number of carbonyl (C=O) groups excluding carboxylic acids is 1. The first-order valence-electron chi connectivity index (χ1n) is 7.37. The molecule has 2 fully saturated rings. The van der Waals surface area contributed by atoms with Gasteiger partial charge in [-0.05, 0) is 45.6 Å². The summed E-state index contributed by atoms with van der Waals surface area (Å²) in [4.78, 5) is 14.6. The SMILES string of the molecule is CCCNC1CCCN(C2CCOC(C)C2)C1=O. The molecule has 0 spiro atoms. The lowest BCUT2D eigenvalue weighted by Crippen LogP contribution is -2.55. The molecule has 0 aromatic carbocycles. The van der Waals surface area contributed by atoms with E-state index in [1.54, 1.807) is 0 Å². The molecular weight excluding hydrogens is 228 g/mol. The molecule has 3 unspecified atom stereocenters. The second-order valence-electron chi connectivity index (χ2n) is 5.54. The van der Waals surface area contributed by atoms with Gasteiger partial charge in [-0.2, -0.15) is 0 Å². The molecule has 3 atom stereocenters. The van der Waals surface area contributed by atoms with E-state index in [0.717, 1.165) is 51.8 Å². The Labute approximate surface area is 110 Å². The van der Waals surface area contributed by atoms with E-state index in [9.17, 15) is 4.79 Å². The van der Waals surface area contributed by atoms with Crippen LogP contribution in [-0.4, -0.2) is 48.7 Å². The van der Waals surface area contributed by atoms with Gasteiger partial charge < -0.3 is 15.0 Å². The van der Waals surface area contributed by atoms with Crippen molar-refractivity contribution >= 4 is 5.91 Å². The quantitative estimate of drug-likeness (QED) is 0.827. The van der Waals surface area contributed by atoms with Crippen LogP contribution in [0.15, 0.2) is 0 Å². The Balaban J connectivity index is 1.92. The minimum Gasteiger partial charge on any atom is -0.378 e. The lowest BCUT2D eigenvalue weighted by molar-refractivity contribution is -0.141. The lowest BCUT2D eigenvalue weighted by atomic mass is 9.97. The second kappa shape index (κ2) is 6.53. The van der Waals surface area contributed by atoms with Gasteiger partial charge in [0.2, 0.25) is 5.91 Å². The molecule has 2 aliphatic rings. The smallest absolute Gasteiger partial charge is 0.239 e. The van der Waals surface area contributed by atoms with Crippen molar-refractivity contribution in [1.29, 1.82) is 0 Å². The molecular formula is C14H26N2O2. The maximum Gasteiger partial charge on any atom is 0.239 e. The summed E-state index contributed by atoms with van der Waals surface area (Å²) in [5.41, 5.74) is 0. The van der Waals surface area contributed by atoms with Gasteiger partial charge in [0, 0.05) is 19.2 Å². The van der Waals surface area contributed by atoms with Crippen molar-refractivity contribution in [1.82, 2.24) is 10.2 Å². The third-order valence-corrected chi connectivity index (χ3v) is 4.01. The van der Waals surface area contributed by atoms with Crippen LogP contribution in [0.4, 0.5) is 0 Å². The van der Waals surface area contributed by atoms with E-state index in [4.69, 9.17) is 4.74 Å². The number of rotatable bonds is 4. The normalized spacial score (nSPS) is 33.8. The Morgan fingerprint density at radius 2 is 2.28 bits per heavy atom. The summed E-state index contributed by atoms with van der Waals surface area (Å²) < 4.78 is 5.57. The zero-order valence-electron chi connectivity index (χ0n) is 11.7. The highest BCUT2D eigenvalue weighted by Crippen LogP contribution is 2.23. The predicted octanol–water partition coefficient (Wildman–Crippen LogP) is 1.54. The maximum atomic E-state index is 12.5. The molecule has 2 heterocycles. The monoisotopic (exact) mass is 254 g/mol. The zero-order chi connectivity index (χ0) is 13.0. The Morgan fingerprint density at radius 3 is 3.00 bits per heavy atom. The fourth-order valence-electron chi connectivity index (χ4n) is 3.03. The van der Waals surface area contributed by atoms with Crippen LogP contribution in [-0.2, 0) is 9.53 Å². The summed E-state index contributed by atoms with van der Waals surface area (Å²) in [6, 6.07) is 0.448. The van der Waals surface area contributed by atoms with Gasteiger partial charge in [-0.15, -0.1) is 0 Å². The number of ether oxygens (including phenoxy) is 1. The molecule has 0 saturated carbocycles. The van der Waals surface area contributed by atoms with Crippen LogP contribution in [0.1, 0.15) is 46.0 Å². The highest BCUT2D eigenvalue weighted by Gasteiger charge is 2.34. The highest BCUT2D eigenvalue weighted by atomic mass is 16.5. The van der Waals surface area contributed by atoms with Crippen molar-refractivity contribution in [2.45, 2.75) is 64.1 Å². The summed E-state index contributed by atoms with van der Waals surface area (Å²) in [6.45, 7) is 6.91. The number of carbonyl (C=O) groups is 1. The molecule has 104 valence electrons. The minimum atomic E-state index is 0.0526. The highest BCUT2D eigenvalue weighted by molar-refractivity contribution is 5.83. The van der Waals surface area contributed by atoms with Crippen LogP contribution in [0.3, 0.4) is 0 Å². The number of hydrogen-bond donors (Lipinski definition) is 1. The van der Waals surface area contributed by atoms with Crippen LogP contribution in [0.25, 0.3) is 0 Å². The van der Waals surface area contributed by atoms with E-state index < -0.39 is 0 Å². The van der Waals surface area contributed by atoms with Gasteiger partial charge in [0.05, 0.1) is 12.1 Å². The van der Waals surface area contributed by atoms with Crippen molar-refractivity contribution in [3.63, 3.8) is 0 Å². The Hall–Kier alpha value is -0.610. The summed E-state index contributed by atoms with van der Waals surface area (Å²) >= 11 is 0. The van der Waals surface area contributed by atoms with E-state index in [2.05, 4.69) is 24.1 Å². The summed E-state index contributed by atoms with van der Waals surface area (Å²) in [7, 11) is 0. The van der Waals surface area contributed by atoms with Gasteiger partial charge in [-0.25, -0.2) is 0 Å². The number of likely N-dealkylation sites (tertiary alicyclic amines) is 1. The van der Waals surface area contributed by atoms with Crippen LogP contribution >= 0.6 is 0 Å². The Morgan fingerprint density at radius 1 is 1.44 bits per heavy atom. The van der Waals surface area contributed by atoms with Crippen molar-refractivity contribution in [2.75, 3.05) is 19.7 Å². The minimum absolute atomic E-state index is 0.0526. The van der Waals surface area contributed by atoms with Gasteiger partial charge >= 0.3 is 0 Å². The van der Waals surface area contributed by atoms with E-state index in [-0.39, 0.29) is 6.04 Å². The molecule has 0 aromatic heterocycles. The average molecular weight is 254 g/mol.